The van der Waals surface area contributed by atoms with Gasteiger partial charge in [0.15, 0.2) is 11.6 Å². The van der Waals surface area contributed by atoms with Crippen molar-refractivity contribution in [1.82, 2.24) is 14.5 Å². The molecule has 2 amide bonds. The lowest BCUT2D eigenvalue weighted by molar-refractivity contribution is -0.133. The third-order valence-corrected chi connectivity index (χ3v) is 5.62. The molecule has 7 nitrogen and oxygen atoms in total. The smallest absolute Gasteiger partial charge is 0.224 e. The molecule has 1 atom stereocenters. The molecule has 0 saturated heterocycles. The molecule has 0 spiro atoms. The molecule has 1 aliphatic heterocycles. The van der Waals surface area contributed by atoms with Crippen LogP contribution in [-0.4, -0.2) is 38.9 Å². The Morgan fingerprint density at radius 3 is 2.45 bits per heavy atom. The molecule has 2 aromatic rings. The maximum atomic E-state index is 13.9. The molecular weight excluding hydrogens is 435 g/mol. The monoisotopic (exact) mass is 465 g/mol. The van der Waals surface area contributed by atoms with E-state index in [2.05, 4.69) is 10.3 Å². The summed E-state index contributed by atoms with van der Waals surface area (Å²) in [6, 6.07) is 0.509. The van der Waals surface area contributed by atoms with Crippen molar-refractivity contribution in [3.8, 4) is 0 Å². The van der Waals surface area contributed by atoms with Gasteiger partial charge in [-0.1, -0.05) is 13.8 Å². The van der Waals surface area contributed by atoms with Gasteiger partial charge in [-0.3, -0.25) is 9.59 Å². The molecule has 2 aliphatic rings. The normalized spacial score (nSPS) is 15.9. The number of nitrogens with zero attached hydrogens (tertiary/aromatic N) is 3. The molecule has 4 rings (SSSR count). The molecule has 0 radical (unpaired) electrons. The van der Waals surface area contributed by atoms with E-state index in [-0.39, 0.29) is 36.8 Å². The Morgan fingerprint density at radius 1 is 1.15 bits per heavy atom. The van der Waals surface area contributed by atoms with Gasteiger partial charge in [-0.25, -0.2) is 18.2 Å². The van der Waals surface area contributed by atoms with Gasteiger partial charge in [0.1, 0.15) is 17.5 Å². The fourth-order valence-electron chi connectivity index (χ4n) is 3.93. The molecule has 1 saturated carbocycles. The summed E-state index contributed by atoms with van der Waals surface area (Å²) in [5, 5.41) is 2.87. The third kappa shape index (κ3) is 5.73. The first kappa shape index (κ1) is 24.8. The van der Waals surface area contributed by atoms with Crippen LogP contribution in [0.15, 0.2) is 12.1 Å². The van der Waals surface area contributed by atoms with Crippen molar-refractivity contribution in [3.63, 3.8) is 0 Å². The van der Waals surface area contributed by atoms with Crippen LogP contribution in [0.4, 0.5) is 19.0 Å². The van der Waals surface area contributed by atoms with Crippen LogP contribution in [0.5, 0.6) is 0 Å². The van der Waals surface area contributed by atoms with Gasteiger partial charge >= 0.3 is 0 Å². The van der Waals surface area contributed by atoms with Gasteiger partial charge in [-0.2, -0.15) is 0 Å². The average Bonchev–Trinajstić information content (AvgIpc) is 3.55. The number of carbonyl (C=O) groups excluding carboxylic acids is 2. The molecule has 1 aromatic carbocycles. The number of rotatable bonds is 6. The van der Waals surface area contributed by atoms with Gasteiger partial charge in [-0.15, -0.1) is 0 Å². The standard InChI is InChI=1S/C21H24F3N5O2.C2H6/c1-11(30)26-21-20(12-2-3-12)27-18-10-28(4-5-29(18)21)19(31)8-14(25)6-13-7-16(23)17(24)9-15(13)22;1-2/h7,9,12,14H,2-6,8,10,25H2,1H3,(H,26,30);1-2H3. The zero-order chi connectivity index (χ0) is 24.3. The van der Waals surface area contributed by atoms with Gasteiger partial charge in [0, 0.05) is 44.5 Å². The predicted octanol–water partition coefficient (Wildman–Crippen LogP) is 3.46. The number of nitrogens with one attached hydrogen (secondary N) is 1. The lowest BCUT2D eigenvalue weighted by Crippen LogP contribution is -2.41. The minimum atomic E-state index is -1.26. The number of fused-ring (bicyclic) bond motifs is 1. The van der Waals surface area contributed by atoms with Gasteiger partial charge in [0.2, 0.25) is 11.8 Å². The van der Waals surface area contributed by atoms with E-state index < -0.39 is 23.5 Å². The number of amides is 2. The highest BCUT2D eigenvalue weighted by molar-refractivity contribution is 5.88. The number of halogens is 3. The van der Waals surface area contributed by atoms with Crippen molar-refractivity contribution in [1.29, 1.82) is 0 Å². The Balaban J connectivity index is 0.00000149. The summed E-state index contributed by atoms with van der Waals surface area (Å²) in [4.78, 5) is 30.6. The van der Waals surface area contributed by atoms with E-state index in [4.69, 9.17) is 5.73 Å². The lowest BCUT2D eigenvalue weighted by atomic mass is 10.0. The van der Waals surface area contributed by atoms with E-state index in [1.54, 1.807) is 4.90 Å². The van der Waals surface area contributed by atoms with Gasteiger partial charge < -0.3 is 20.5 Å². The van der Waals surface area contributed by atoms with Crippen LogP contribution in [0.2, 0.25) is 0 Å². The molecule has 1 fully saturated rings. The largest absolute Gasteiger partial charge is 0.333 e. The molecule has 1 aliphatic carbocycles. The Hall–Kier alpha value is -2.88. The highest BCUT2D eigenvalue weighted by atomic mass is 19.2. The third-order valence-electron chi connectivity index (χ3n) is 5.62. The van der Waals surface area contributed by atoms with Crippen molar-refractivity contribution in [3.05, 3.63) is 46.7 Å². The second kappa shape index (κ2) is 10.4. The SMILES string of the molecule is CC.CC(=O)Nc1c(C2CC2)nc2n1CCN(C(=O)CC(N)Cc1cc(F)c(F)cc1F)C2. The van der Waals surface area contributed by atoms with Crippen molar-refractivity contribution in [2.24, 2.45) is 5.73 Å². The van der Waals surface area contributed by atoms with E-state index in [0.717, 1.165) is 24.6 Å². The number of imidazole rings is 1. The Kier molecular flexibility index (Phi) is 7.78. The number of nitrogens with two attached hydrogens (primary N) is 1. The first-order chi connectivity index (χ1) is 15.7. The van der Waals surface area contributed by atoms with Crippen LogP contribution in [0.1, 0.15) is 63.0 Å². The summed E-state index contributed by atoms with van der Waals surface area (Å²) in [6.45, 7) is 6.64. The molecule has 180 valence electrons. The molecule has 0 bridgehead atoms. The fraction of sp³-hybridized carbons (Fsp3) is 0.522. The summed E-state index contributed by atoms with van der Waals surface area (Å²) in [5.41, 5.74) is 6.80. The first-order valence-electron chi connectivity index (χ1n) is 11.3. The van der Waals surface area contributed by atoms with E-state index in [0.29, 0.717) is 36.7 Å². The zero-order valence-electron chi connectivity index (χ0n) is 19.1. The van der Waals surface area contributed by atoms with Crippen molar-refractivity contribution < 1.29 is 22.8 Å². The molecule has 33 heavy (non-hydrogen) atoms. The summed E-state index contributed by atoms with van der Waals surface area (Å²) >= 11 is 0. The summed E-state index contributed by atoms with van der Waals surface area (Å²) in [5.74, 6) is -1.95. The van der Waals surface area contributed by atoms with E-state index >= 15 is 0 Å². The fourth-order valence-corrected chi connectivity index (χ4v) is 3.93. The summed E-state index contributed by atoms with van der Waals surface area (Å²) in [6.07, 6.45) is 1.91. The Morgan fingerprint density at radius 2 is 1.82 bits per heavy atom. The lowest BCUT2D eigenvalue weighted by Gasteiger charge is -2.29. The number of anilines is 1. The average molecular weight is 466 g/mol. The molecule has 10 heteroatoms. The van der Waals surface area contributed by atoms with Gasteiger partial charge in [-0.05, 0) is 30.9 Å². The molecular formula is C23H30F3N5O2. The number of carbonyl (C=O) groups is 2. The van der Waals surface area contributed by atoms with Crippen LogP contribution in [-0.2, 0) is 29.1 Å². The van der Waals surface area contributed by atoms with Crippen LogP contribution in [0.25, 0.3) is 0 Å². The van der Waals surface area contributed by atoms with Crippen molar-refractivity contribution >= 4 is 17.6 Å². The summed E-state index contributed by atoms with van der Waals surface area (Å²) < 4.78 is 42.3. The van der Waals surface area contributed by atoms with E-state index in [1.807, 2.05) is 18.4 Å². The van der Waals surface area contributed by atoms with Crippen LogP contribution in [0, 0.1) is 17.5 Å². The minimum Gasteiger partial charge on any atom is -0.333 e. The molecule has 1 unspecified atom stereocenters. The molecule has 2 heterocycles. The molecule has 3 N–H and O–H groups in total. The number of hydrogen-bond donors (Lipinski definition) is 2. The quantitative estimate of drug-likeness (QED) is 0.639. The summed E-state index contributed by atoms with van der Waals surface area (Å²) in [7, 11) is 0. The second-order valence-corrected chi connectivity index (χ2v) is 8.21. The Bertz CT molecular complexity index is 1040. The zero-order valence-corrected chi connectivity index (χ0v) is 19.1. The van der Waals surface area contributed by atoms with Crippen molar-refractivity contribution in [2.45, 2.75) is 71.5 Å². The minimum absolute atomic E-state index is 0.0623. The highest BCUT2D eigenvalue weighted by Gasteiger charge is 2.34. The van der Waals surface area contributed by atoms with Crippen LogP contribution < -0.4 is 11.1 Å². The van der Waals surface area contributed by atoms with Crippen LogP contribution >= 0.6 is 0 Å². The second-order valence-electron chi connectivity index (χ2n) is 8.21. The van der Waals surface area contributed by atoms with Crippen LogP contribution in [0.3, 0.4) is 0 Å². The maximum Gasteiger partial charge on any atom is 0.224 e. The number of benzene rings is 1. The van der Waals surface area contributed by atoms with E-state index in [9.17, 15) is 22.8 Å². The predicted molar refractivity (Wildman–Crippen MR) is 118 cm³/mol. The highest BCUT2D eigenvalue weighted by Crippen LogP contribution is 2.43. The Labute approximate surface area is 191 Å². The first-order valence-corrected chi connectivity index (χ1v) is 11.3. The van der Waals surface area contributed by atoms with Crippen molar-refractivity contribution in [2.75, 3.05) is 11.9 Å². The van der Waals surface area contributed by atoms with Gasteiger partial charge in [0.05, 0.1) is 12.2 Å². The van der Waals surface area contributed by atoms with Gasteiger partial charge in [0.25, 0.3) is 0 Å². The van der Waals surface area contributed by atoms with E-state index in [1.165, 1.54) is 6.92 Å². The number of hydrogen-bond acceptors (Lipinski definition) is 4. The number of aromatic nitrogens is 2. The maximum absolute atomic E-state index is 13.9. The topological polar surface area (TPSA) is 93.2 Å². The molecule has 1 aromatic heterocycles.